The van der Waals surface area contributed by atoms with Crippen LogP contribution in [-0.4, -0.2) is 41.5 Å². The Morgan fingerprint density at radius 2 is 1.58 bits per heavy atom. The number of carbonyl (C=O) groups excluding carboxylic acids is 1. The number of Topliss-reactive ketones (excluding diaryl/α,β-unsaturated/α-hetero) is 1. The van der Waals surface area contributed by atoms with E-state index in [0.717, 1.165) is 22.1 Å². The smallest absolute Gasteiger partial charge is 0.485 e. The average molecular weight is 406 g/mol. The summed E-state index contributed by atoms with van der Waals surface area (Å²) >= 11 is 0. The van der Waals surface area contributed by atoms with E-state index >= 15 is 0 Å². The van der Waals surface area contributed by atoms with Gasteiger partial charge in [-0.15, -0.1) is 0 Å². The standard InChI is InChI=1S/C16H17OS.CHF3O3S/c17-16(12-18-10-3-4-11-18)15-9-5-7-13-6-1-2-8-14(13)15;2-1(3,4)8(5,6)7/h1-2,5-9H,3-4,10-12H2;(H,5,6,7)/q+1;/p-1. The molecule has 4 nitrogen and oxygen atoms in total. The summed E-state index contributed by atoms with van der Waals surface area (Å²) in [5.74, 6) is 3.61. The topological polar surface area (TPSA) is 74.3 Å². The summed E-state index contributed by atoms with van der Waals surface area (Å²) in [6.07, 6.45) is 2.62. The van der Waals surface area contributed by atoms with Crippen LogP contribution >= 0.6 is 0 Å². The second kappa shape index (κ2) is 8.41. The van der Waals surface area contributed by atoms with E-state index in [1.54, 1.807) is 0 Å². The lowest BCUT2D eigenvalue weighted by atomic mass is 10.0. The number of ketones is 1. The van der Waals surface area contributed by atoms with Crippen LogP contribution in [0.1, 0.15) is 23.2 Å². The van der Waals surface area contributed by atoms with Crippen LogP contribution in [0.4, 0.5) is 13.2 Å². The van der Waals surface area contributed by atoms with Crippen LogP contribution in [0.2, 0.25) is 0 Å². The molecule has 1 aliphatic rings. The number of benzene rings is 2. The number of halogens is 3. The summed E-state index contributed by atoms with van der Waals surface area (Å²) in [7, 11) is -5.74. The van der Waals surface area contributed by atoms with Gasteiger partial charge in [0.05, 0.1) is 0 Å². The number of carbonyl (C=O) groups is 1. The minimum atomic E-state index is -6.09. The molecular weight excluding hydrogens is 389 g/mol. The first-order chi connectivity index (χ1) is 12.1. The van der Waals surface area contributed by atoms with Gasteiger partial charge in [-0.2, -0.15) is 13.2 Å². The summed E-state index contributed by atoms with van der Waals surface area (Å²) < 4.78 is 58.9. The maximum Gasteiger partial charge on any atom is 0.485 e. The first kappa shape index (κ1) is 20.7. The highest BCUT2D eigenvalue weighted by atomic mass is 32.2. The molecule has 0 amide bonds. The molecule has 26 heavy (non-hydrogen) atoms. The Kier molecular flexibility index (Phi) is 6.70. The van der Waals surface area contributed by atoms with Crippen molar-refractivity contribution in [3.63, 3.8) is 0 Å². The van der Waals surface area contributed by atoms with Crippen molar-refractivity contribution in [3.05, 3.63) is 48.0 Å². The zero-order valence-electron chi connectivity index (χ0n) is 13.7. The Morgan fingerprint density at radius 1 is 1.04 bits per heavy atom. The van der Waals surface area contributed by atoms with E-state index in [1.807, 2.05) is 24.3 Å². The number of fused-ring (bicyclic) bond motifs is 1. The SMILES string of the molecule is O=C(C[S+]1CCCC1)c1cccc2ccccc12.O=S(=O)([O-])C(F)(F)F. The van der Waals surface area contributed by atoms with Gasteiger partial charge >= 0.3 is 5.51 Å². The predicted molar refractivity (Wildman–Crippen MR) is 95.2 cm³/mol. The molecule has 0 spiro atoms. The van der Waals surface area contributed by atoms with Crippen LogP contribution in [0.3, 0.4) is 0 Å². The molecule has 0 radical (unpaired) electrons. The van der Waals surface area contributed by atoms with Gasteiger partial charge in [0.1, 0.15) is 11.5 Å². The third-order valence-corrected chi connectivity index (χ3v) is 6.79. The molecule has 0 aromatic heterocycles. The van der Waals surface area contributed by atoms with Crippen molar-refractivity contribution in [2.24, 2.45) is 0 Å². The number of rotatable bonds is 3. The van der Waals surface area contributed by atoms with Crippen molar-refractivity contribution >= 4 is 37.6 Å². The van der Waals surface area contributed by atoms with Crippen LogP contribution in [0.5, 0.6) is 0 Å². The first-order valence-electron chi connectivity index (χ1n) is 7.77. The van der Waals surface area contributed by atoms with E-state index in [-0.39, 0.29) is 0 Å². The fourth-order valence-corrected chi connectivity index (χ4v) is 4.83. The van der Waals surface area contributed by atoms with Gasteiger partial charge in [0.15, 0.2) is 15.9 Å². The summed E-state index contributed by atoms with van der Waals surface area (Å²) in [6.45, 7) is 0. The van der Waals surface area contributed by atoms with Gasteiger partial charge < -0.3 is 4.55 Å². The van der Waals surface area contributed by atoms with E-state index < -0.39 is 15.6 Å². The number of hydrogen-bond donors (Lipinski definition) is 0. The average Bonchev–Trinajstić information content (AvgIpc) is 3.06. The minimum Gasteiger partial charge on any atom is -0.741 e. The largest absolute Gasteiger partial charge is 0.741 e. The number of alkyl halides is 3. The quantitative estimate of drug-likeness (QED) is 0.339. The van der Waals surface area contributed by atoms with Crippen LogP contribution in [-0.2, 0) is 21.0 Å². The molecule has 0 atom stereocenters. The lowest BCUT2D eigenvalue weighted by Gasteiger charge is -2.08. The van der Waals surface area contributed by atoms with E-state index in [1.165, 1.54) is 24.3 Å². The Morgan fingerprint density at radius 3 is 2.15 bits per heavy atom. The predicted octanol–water partition coefficient (Wildman–Crippen LogP) is 3.49. The first-order valence-corrected chi connectivity index (χ1v) is 10.9. The third-order valence-electron chi connectivity index (χ3n) is 3.82. The van der Waals surface area contributed by atoms with Crippen molar-refractivity contribution in [2.45, 2.75) is 18.3 Å². The fourth-order valence-electron chi connectivity index (χ4n) is 2.59. The molecule has 1 heterocycles. The molecule has 2 aromatic rings. The van der Waals surface area contributed by atoms with E-state index in [0.29, 0.717) is 16.7 Å². The molecule has 0 N–H and O–H groups in total. The summed E-state index contributed by atoms with van der Waals surface area (Å²) in [5.41, 5.74) is -4.74. The van der Waals surface area contributed by atoms with Crippen molar-refractivity contribution in [1.82, 2.24) is 0 Å². The van der Waals surface area contributed by atoms with Gasteiger partial charge in [0.25, 0.3) is 0 Å². The maximum atomic E-state index is 12.4. The zero-order chi connectivity index (χ0) is 19.4. The molecule has 0 aliphatic carbocycles. The van der Waals surface area contributed by atoms with Crippen LogP contribution in [0.15, 0.2) is 42.5 Å². The lowest BCUT2D eigenvalue weighted by molar-refractivity contribution is -0.0517. The van der Waals surface area contributed by atoms with Gasteiger partial charge in [-0.05, 0) is 34.5 Å². The Labute approximate surface area is 152 Å². The Balaban J connectivity index is 0.000000260. The Hall–Kier alpha value is -1.58. The number of hydrogen-bond acceptors (Lipinski definition) is 4. The van der Waals surface area contributed by atoms with Crippen molar-refractivity contribution < 1.29 is 30.9 Å². The second-order valence-electron chi connectivity index (χ2n) is 5.72. The van der Waals surface area contributed by atoms with Crippen LogP contribution < -0.4 is 0 Å². The molecule has 3 rings (SSSR count). The minimum absolute atomic E-state index is 0.331. The molecule has 9 heteroatoms. The normalized spacial score (nSPS) is 15.5. The summed E-state index contributed by atoms with van der Waals surface area (Å²) in [4.78, 5) is 12.4. The Bertz CT molecular complexity index is 868. The molecule has 0 unspecified atom stereocenters. The van der Waals surface area contributed by atoms with E-state index in [2.05, 4.69) is 18.2 Å². The maximum absolute atomic E-state index is 12.4. The highest BCUT2D eigenvalue weighted by molar-refractivity contribution is 7.97. The van der Waals surface area contributed by atoms with Gasteiger partial charge in [-0.25, -0.2) is 8.42 Å². The molecule has 1 saturated heterocycles. The summed E-state index contributed by atoms with van der Waals surface area (Å²) in [6, 6.07) is 14.2. The third kappa shape index (κ3) is 5.46. The molecule has 1 fully saturated rings. The molecule has 1 aliphatic heterocycles. The molecule has 2 aromatic carbocycles. The zero-order valence-corrected chi connectivity index (χ0v) is 15.3. The highest BCUT2D eigenvalue weighted by Crippen LogP contribution is 2.22. The van der Waals surface area contributed by atoms with Crippen LogP contribution in [0.25, 0.3) is 10.8 Å². The summed E-state index contributed by atoms with van der Waals surface area (Å²) in [5, 5.41) is 2.27. The fraction of sp³-hybridized carbons (Fsp3) is 0.353. The van der Waals surface area contributed by atoms with Crippen molar-refractivity contribution in [3.8, 4) is 0 Å². The van der Waals surface area contributed by atoms with Gasteiger partial charge in [0, 0.05) is 5.56 Å². The van der Waals surface area contributed by atoms with Crippen LogP contribution in [0, 0.1) is 0 Å². The molecule has 0 bridgehead atoms. The molecule has 142 valence electrons. The van der Waals surface area contributed by atoms with Gasteiger partial charge in [-0.3, -0.25) is 4.79 Å². The second-order valence-corrected chi connectivity index (χ2v) is 9.42. The monoisotopic (exact) mass is 406 g/mol. The van der Waals surface area contributed by atoms with E-state index in [4.69, 9.17) is 13.0 Å². The van der Waals surface area contributed by atoms with Crippen molar-refractivity contribution in [1.29, 1.82) is 0 Å². The van der Waals surface area contributed by atoms with Crippen molar-refractivity contribution in [2.75, 3.05) is 17.3 Å². The van der Waals surface area contributed by atoms with Gasteiger partial charge in [-0.1, -0.05) is 42.5 Å². The van der Waals surface area contributed by atoms with Gasteiger partial charge in [0.2, 0.25) is 5.78 Å². The van der Waals surface area contributed by atoms with E-state index in [9.17, 15) is 18.0 Å². The molecular formula is C17H17F3O4S2. The highest BCUT2D eigenvalue weighted by Gasteiger charge is 2.36. The molecule has 0 saturated carbocycles. The lowest BCUT2D eigenvalue weighted by Crippen LogP contribution is -2.21.